The topological polar surface area (TPSA) is 7.76 Å². The Labute approximate surface area is 261 Å². The lowest BCUT2D eigenvalue weighted by atomic mass is 9.99. The number of pyridine rings is 2. The van der Waals surface area contributed by atoms with Crippen LogP contribution in [-0.2, 0) is 20.5 Å². The van der Waals surface area contributed by atoms with Gasteiger partial charge in [0.2, 0.25) is 11.4 Å². The largest absolute Gasteiger partial charge is 0.213 e. The number of hydrogen-bond donors (Lipinski definition) is 0. The standard InChI is InChI=1S/C21H22N.C20H20N/c1-4-17-9-11-18(12-10-17)19-13-14-22(3)21(15-19)20-8-6-5-7-16(20)2;1-15-8-10-17(11-9-15)18-12-13-21(3)20(14-18)19-7-5-4-6-16(19)2/h5-15H,4H2,1-3H3;4-14H,1-3H3/q2*+1/i1D3;. The van der Waals surface area contributed by atoms with Gasteiger partial charge in [-0.2, -0.15) is 0 Å². The van der Waals surface area contributed by atoms with Crippen LogP contribution >= 0.6 is 0 Å². The van der Waals surface area contributed by atoms with Gasteiger partial charge in [0.15, 0.2) is 12.4 Å². The molecule has 0 N–H and O–H groups in total. The molecule has 0 fully saturated rings. The van der Waals surface area contributed by atoms with Crippen LogP contribution in [0.15, 0.2) is 134 Å². The highest BCUT2D eigenvalue weighted by atomic mass is 14.9. The number of hydrogen-bond acceptors (Lipinski definition) is 0. The molecule has 2 heteroatoms. The second-order valence-electron chi connectivity index (χ2n) is 11.2. The molecular weight excluding hydrogens is 520 g/mol. The van der Waals surface area contributed by atoms with E-state index < -0.39 is 6.85 Å². The molecule has 0 amide bonds. The molecule has 0 unspecified atom stereocenters. The van der Waals surface area contributed by atoms with Crippen LogP contribution in [0.5, 0.6) is 0 Å². The molecule has 0 radical (unpaired) electrons. The fraction of sp³-hybridized carbons (Fsp3) is 0.171. The molecule has 0 aliphatic heterocycles. The highest BCUT2D eigenvalue weighted by Crippen LogP contribution is 2.27. The molecule has 6 aromatic rings. The van der Waals surface area contributed by atoms with Crippen molar-refractivity contribution in [2.75, 3.05) is 0 Å². The van der Waals surface area contributed by atoms with E-state index in [1.54, 1.807) is 0 Å². The minimum atomic E-state index is -1.93. The van der Waals surface area contributed by atoms with E-state index in [0.717, 1.165) is 22.4 Å². The molecule has 0 spiro atoms. The average Bonchev–Trinajstić information content (AvgIpc) is 3.03. The maximum atomic E-state index is 7.38. The van der Waals surface area contributed by atoms with Crippen molar-refractivity contribution >= 4 is 0 Å². The highest BCUT2D eigenvalue weighted by molar-refractivity contribution is 5.71. The predicted molar refractivity (Wildman–Crippen MR) is 181 cm³/mol. The number of nitrogens with zero attached hydrogens (tertiary/aromatic N) is 2. The van der Waals surface area contributed by atoms with E-state index in [1.807, 2.05) is 37.4 Å². The van der Waals surface area contributed by atoms with E-state index in [4.69, 9.17) is 4.11 Å². The van der Waals surface area contributed by atoms with Gasteiger partial charge in [-0.3, -0.25) is 0 Å². The summed E-state index contributed by atoms with van der Waals surface area (Å²) < 4.78 is 26.5. The van der Waals surface area contributed by atoms with Crippen LogP contribution in [0.2, 0.25) is 0 Å². The Morgan fingerprint density at radius 3 is 1.40 bits per heavy atom. The Kier molecular flexibility index (Phi) is 8.08. The first kappa shape index (κ1) is 25.9. The summed E-state index contributed by atoms with van der Waals surface area (Å²) in [7, 11) is 4.14. The molecule has 2 heterocycles. The Hall–Kier alpha value is -4.82. The van der Waals surface area contributed by atoms with E-state index in [2.05, 4.69) is 140 Å². The van der Waals surface area contributed by atoms with Gasteiger partial charge in [-0.25, -0.2) is 9.13 Å². The zero-order chi connectivity index (χ0) is 32.8. The second kappa shape index (κ2) is 13.4. The summed E-state index contributed by atoms with van der Waals surface area (Å²) in [6, 6.07) is 42.1. The first-order valence-corrected chi connectivity index (χ1v) is 14.8. The number of rotatable bonds is 5. The molecule has 0 saturated carbocycles. The fourth-order valence-corrected chi connectivity index (χ4v) is 5.32. The molecule has 0 bridgehead atoms. The molecular formula is C41H42N2+2. The van der Waals surface area contributed by atoms with Crippen molar-refractivity contribution < 1.29 is 13.2 Å². The van der Waals surface area contributed by atoms with Crippen molar-refractivity contribution in [3.8, 4) is 44.8 Å². The lowest BCUT2D eigenvalue weighted by Crippen LogP contribution is -2.30. The quantitative estimate of drug-likeness (QED) is 0.184. The zero-order valence-corrected chi connectivity index (χ0v) is 25.8. The Morgan fingerprint density at radius 1 is 0.512 bits per heavy atom. The summed E-state index contributed by atoms with van der Waals surface area (Å²) in [6.45, 7) is 4.47. The lowest BCUT2D eigenvalue weighted by molar-refractivity contribution is -0.660. The summed E-state index contributed by atoms with van der Waals surface area (Å²) in [5.74, 6) is 0. The molecule has 0 saturated heterocycles. The van der Waals surface area contributed by atoms with Crippen LogP contribution in [0.3, 0.4) is 0 Å². The smallest absolute Gasteiger partial charge is 0.201 e. The van der Waals surface area contributed by atoms with Gasteiger partial charge in [0, 0.05) is 39.5 Å². The summed E-state index contributed by atoms with van der Waals surface area (Å²) >= 11 is 0. The van der Waals surface area contributed by atoms with Crippen molar-refractivity contribution in [3.63, 3.8) is 0 Å². The summed E-state index contributed by atoms with van der Waals surface area (Å²) in [5.41, 5.74) is 14.3. The summed E-state index contributed by atoms with van der Waals surface area (Å²) in [6.07, 6.45) is 4.30. The van der Waals surface area contributed by atoms with Crippen LogP contribution in [0.25, 0.3) is 44.8 Å². The van der Waals surface area contributed by atoms with Gasteiger partial charge in [0.25, 0.3) is 0 Å². The van der Waals surface area contributed by atoms with Crippen LogP contribution in [0.4, 0.5) is 0 Å². The molecule has 43 heavy (non-hydrogen) atoms. The van der Waals surface area contributed by atoms with Crippen LogP contribution in [-0.4, -0.2) is 0 Å². The highest BCUT2D eigenvalue weighted by Gasteiger charge is 2.15. The molecule has 214 valence electrons. The Morgan fingerprint density at radius 2 is 0.953 bits per heavy atom. The molecule has 6 rings (SSSR count). The predicted octanol–water partition coefficient (Wildman–Crippen LogP) is 9.18. The van der Waals surface area contributed by atoms with Crippen molar-refractivity contribution in [1.82, 2.24) is 0 Å². The number of aromatic nitrogens is 2. The van der Waals surface area contributed by atoms with Crippen LogP contribution in [0.1, 0.15) is 33.2 Å². The van der Waals surface area contributed by atoms with Crippen molar-refractivity contribution in [1.29, 1.82) is 0 Å². The van der Waals surface area contributed by atoms with E-state index in [0.29, 0.717) is 0 Å². The SMILES string of the molecule is Cc1ccc(-c2cc[n+](C)c(-c3ccccc3C)c2)cc1.[2H]C([2H])([2H])Cc1ccc(-c2cc[n+](C)c(-c3ccccc3C)c2)cc1. The third-order valence-electron chi connectivity index (χ3n) is 8.02. The van der Waals surface area contributed by atoms with E-state index in [1.165, 1.54) is 44.6 Å². The lowest BCUT2D eigenvalue weighted by Gasteiger charge is -2.07. The minimum Gasteiger partial charge on any atom is -0.201 e. The van der Waals surface area contributed by atoms with Crippen molar-refractivity contribution in [2.24, 2.45) is 14.1 Å². The molecule has 0 atom stereocenters. The summed E-state index contributed by atoms with van der Waals surface area (Å²) in [5, 5.41) is 0. The third kappa shape index (κ3) is 6.98. The van der Waals surface area contributed by atoms with Gasteiger partial charge >= 0.3 is 0 Å². The number of aryl methyl sites for hydroxylation is 6. The van der Waals surface area contributed by atoms with Crippen molar-refractivity contribution in [3.05, 3.63) is 156 Å². The molecule has 2 nitrogen and oxygen atoms in total. The average molecular weight is 566 g/mol. The number of benzene rings is 4. The fourth-order valence-electron chi connectivity index (χ4n) is 5.32. The normalized spacial score (nSPS) is 12.0. The van der Waals surface area contributed by atoms with Gasteiger partial charge in [0.1, 0.15) is 14.1 Å². The summed E-state index contributed by atoms with van der Waals surface area (Å²) in [4.78, 5) is 0. The van der Waals surface area contributed by atoms with E-state index in [9.17, 15) is 0 Å². The Bertz CT molecular complexity index is 1940. The van der Waals surface area contributed by atoms with Crippen LogP contribution < -0.4 is 9.13 Å². The van der Waals surface area contributed by atoms with Gasteiger partial charge in [-0.15, -0.1) is 0 Å². The molecule has 4 aromatic carbocycles. The monoisotopic (exact) mass is 565 g/mol. The molecule has 0 aliphatic carbocycles. The van der Waals surface area contributed by atoms with Gasteiger partial charge < -0.3 is 0 Å². The van der Waals surface area contributed by atoms with Crippen molar-refractivity contribution in [2.45, 2.75) is 34.0 Å². The first-order chi connectivity index (χ1) is 22.0. The van der Waals surface area contributed by atoms with E-state index in [-0.39, 0.29) is 6.42 Å². The van der Waals surface area contributed by atoms with Gasteiger partial charge in [-0.1, -0.05) is 97.3 Å². The third-order valence-corrected chi connectivity index (χ3v) is 8.02. The zero-order valence-electron chi connectivity index (χ0n) is 28.8. The Balaban J connectivity index is 0.000000184. The first-order valence-electron chi connectivity index (χ1n) is 16.3. The second-order valence-corrected chi connectivity index (χ2v) is 11.2. The van der Waals surface area contributed by atoms with Gasteiger partial charge in [-0.05, 0) is 78.3 Å². The maximum absolute atomic E-state index is 7.38. The van der Waals surface area contributed by atoms with Crippen LogP contribution in [0, 0.1) is 20.8 Å². The van der Waals surface area contributed by atoms with E-state index >= 15 is 0 Å². The van der Waals surface area contributed by atoms with Gasteiger partial charge in [0.05, 0.1) is 0 Å². The molecule has 0 aliphatic rings. The minimum absolute atomic E-state index is 0.103. The maximum Gasteiger partial charge on any atom is 0.213 e. The molecule has 2 aromatic heterocycles.